The van der Waals surface area contributed by atoms with Crippen molar-refractivity contribution in [3.8, 4) is 0 Å². The molecular formula is C16H18NNaO6S2. The summed E-state index contributed by atoms with van der Waals surface area (Å²) >= 11 is 0. The summed E-state index contributed by atoms with van der Waals surface area (Å²) in [5.74, 6) is 0. The van der Waals surface area contributed by atoms with Crippen molar-refractivity contribution in [2.45, 2.75) is 29.1 Å². The van der Waals surface area contributed by atoms with Crippen molar-refractivity contribution in [1.29, 1.82) is 0 Å². The first-order chi connectivity index (χ1) is 11.3. The Morgan fingerprint density at radius 2 is 1.62 bits per heavy atom. The number of allylic oxidation sites excluding steroid dienone is 1. The Kier molecular flexibility index (Phi) is 5.18. The summed E-state index contributed by atoms with van der Waals surface area (Å²) in [5.41, 5.74) is 1.57. The third-order valence-electron chi connectivity index (χ3n) is 4.74. The van der Waals surface area contributed by atoms with E-state index in [1.165, 1.54) is 12.1 Å². The van der Waals surface area contributed by atoms with Crippen LogP contribution in [-0.2, 0) is 25.7 Å². The molecule has 0 saturated heterocycles. The molecule has 1 heterocycles. The molecule has 0 atom stereocenters. The summed E-state index contributed by atoms with van der Waals surface area (Å²) < 4.78 is 65.6. The number of anilines is 1. The smallest absolute Gasteiger partial charge is 1.00 e. The van der Waals surface area contributed by atoms with Gasteiger partial charge < -0.3 is 6.33 Å². The van der Waals surface area contributed by atoms with Gasteiger partial charge in [0.15, 0.2) is 0 Å². The SMILES string of the molecule is C=C1N(C)c2ccc3c(S(=O)(=O)O)cc(S(=O)(=O)O)cc3c2C1(C)C.[H-].[Na+]. The number of likely N-dealkylation sites (N-methyl/N-ethyl adjacent to an activating group) is 1. The average Bonchev–Trinajstić information content (AvgIpc) is 2.65. The fourth-order valence-corrected chi connectivity index (χ4v) is 4.71. The monoisotopic (exact) mass is 407 g/mol. The number of fused-ring (bicyclic) bond motifs is 3. The zero-order valence-electron chi connectivity index (χ0n) is 15.8. The van der Waals surface area contributed by atoms with E-state index in [0.29, 0.717) is 10.9 Å². The summed E-state index contributed by atoms with van der Waals surface area (Å²) in [6.07, 6.45) is 0. The average molecular weight is 407 g/mol. The van der Waals surface area contributed by atoms with Crippen molar-refractivity contribution >= 4 is 36.7 Å². The van der Waals surface area contributed by atoms with E-state index < -0.39 is 35.4 Å². The van der Waals surface area contributed by atoms with Gasteiger partial charge in [0.1, 0.15) is 4.90 Å². The summed E-state index contributed by atoms with van der Waals surface area (Å²) in [6, 6.07) is 5.15. The van der Waals surface area contributed by atoms with Gasteiger partial charge in [-0.2, -0.15) is 16.8 Å². The van der Waals surface area contributed by atoms with E-state index in [0.717, 1.165) is 17.5 Å². The minimum Gasteiger partial charge on any atom is -1.00 e. The van der Waals surface area contributed by atoms with E-state index in [2.05, 4.69) is 6.58 Å². The van der Waals surface area contributed by atoms with Crippen molar-refractivity contribution in [2.24, 2.45) is 0 Å². The Bertz CT molecular complexity index is 1160. The van der Waals surface area contributed by atoms with Gasteiger partial charge in [0.2, 0.25) is 0 Å². The van der Waals surface area contributed by atoms with Crippen LogP contribution in [0.5, 0.6) is 0 Å². The molecule has 0 saturated carbocycles. The molecule has 10 heteroatoms. The van der Waals surface area contributed by atoms with Crippen molar-refractivity contribution in [2.75, 3.05) is 11.9 Å². The van der Waals surface area contributed by atoms with E-state index in [1.54, 1.807) is 13.1 Å². The second-order valence-corrected chi connectivity index (χ2v) is 9.37. The Morgan fingerprint density at radius 3 is 2.12 bits per heavy atom. The molecule has 7 nitrogen and oxygen atoms in total. The van der Waals surface area contributed by atoms with E-state index in [-0.39, 0.29) is 36.4 Å². The molecule has 26 heavy (non-hydrogen) atoms. The summed E-state index contributed by atoms with van der Waals surface area (Å²) in [5, 5.41) is 0.487. The van der Waals surface area contributed by atoms with E-state index >= 15 is 0 Å². The molecule has 2 aromatic carbocycles. The van der Waals surface area contributed by atoms with Gasteiger partial charge in [0, 0.05) is 29.2 Å². The minimum atomic E-state index is -4.71. The van der Waals surface area contributed by atoms with Gasteiger partial charge in [-0.25, -0.2) is 0 Å². The van der Waals surface area contributed by atoms with Crippen LogP contribution in [0.2, 0.25) is 0 Å². The van der Waals surface area contributed by atoms with Gasteiger partial charge in [-0.15, -0.1) is 0 Å². The zero-order valence-corrected chi connectivity index (χ0v) is 18.4. The molecule has 0 aliphatic carbocycles. The van der Waals surface area contributed by atoms with Crippen LogP contribution in [0.4, 0.5) is 5.69 Å². The minimum absolute atomic E-state index is 0. The van der Waals surface area contributed by atoms with Gasteiger partial charge in [-0.3, -0.25) is 9.11 Å². The summed E-state index contributed by atoms with van der Waals surface area (Å²) in [6.45, 7) is 7.80. The summed E-state index contributed by atoms with van der Waals surface area (Å²) in [4.78, 5) is 0.663. The predicted octanol–water partition coefficient (Wildman–Crippen LogP) is -0.309. The molecule has 0 spiro atoms. The van der Waals surface area contributed by atoms with Gasteiger partial charge >= 0.3 is 29.6 Å². The predicted molar refractivity (Wildman–Crippen MR) is 95.3 cm³/mol. The summed E-state index contributed by atoms with van der Waals surface area (Å²) in [7, 11) is -7.57. The normalized spacial score (nSPS) is 16.5. The van der Waals surface area contributed by atoms with Gasteiger partial charge in [0.25, 0.3) is 20.2 Å². The molecule has 136 valence electrons. The molecule has 0 amide bonds. The molecular weight excluding hydrogens is 389 g/mol. The molecule has 1 aliphatic heterocycles. The van der Waals surface area contributed by atoms with Crippen molar-refractivity contribution in [3.05, 3.63) is 42.1 Å². The molecule has 0 bridgehead atoms. The van der Waals surface area contributed by atoms with Crippen LogP contribution in [0, 0.1) is 0 Å². The number of hydrogen-bond donors (Lipinski definition) is 2. The Balaban J connectivity index is 0.00000182. The second kappa shape index (κ2) is 6.30. The van der Waals surface area contributed by atoms with Crippen LogP contribution < -0.4 is 34.5 Å². The quantitative estimate of drug-likeness (QED) is 0.519. The molecule has 0 radical (unpaired) electrons. The second-order valence-electron chi connectivity index (χ2n) is 6.56. The maximum Gasteiger partial charge on any atom is 1.00 e. The molecule has 2 N–H and O–H groups in total. The zero-order chi connectivity index (χ0) is 18.9. The van der Waals surface area contributed by atoms with Gasteiger partial charge in [0.05, 0.1) is 4.90 Å². The van der Waals surface area contributed by atoms with Crippen LogP contribution in [0.1, 0.15) is 20.8 Å². The van der Waals surface area contributed by atoms with Crippen LogP contribution in [-0.4, -0.2) is 33.0 Å². The number of benzene rings is 2. The van der Waals surface area contributed by atoms with Crippen LogP contribution in [0.25, 0.3) is 10.8 Å². The number of nitrogens with zero attached hydrogens (tertiary/aromatic N) is 1. The molecule has 3 rings (SSSR count). The first-order valence-electron chi connectivity index (χ1n) is 7.25. The maximum atomic E-state index is 11.8. The molecule has 2 aromatic rings. The Labute approximate surface area is 176 Å². The topological polar surface area (TPSA) is 112 Å². The number of hydrogen-bond acceptors (Lipinski definition) is 5. The van der Waals surface area contributed by atoms with Crippen molar-refractivity contribution in [3.63, 3.8) is 0 Å². The van der Waals surface area contributed by atoms with E-state index in [4.69, 9.17) is 0 Å². The van der Waals surface area contributed by atoms with Crippen LogP contribution in [0.3, 0.4) is 0 Å². The standard InChI is InChI=1S/C16H17NO6S2.Na.H/c1-9-16(2,3)15-12-7-10(24(18,19)20)8-14(25(21,22)23)11(12)5-6-13(15)17(9)4;;/h5-8H,1H2,2-4H3,(H,18,19,20)(H,21,22,23);;/q;+1;-1. The Hall–Kier alpha value is -0.940. The molecule has 0 aromatic heterocycles. The molecule has 0 unspecified atom stereocenters. The number of rotatable bonds is 2. The third-order valence-corrected chi connectivity index (χ3v) is 6.46. The molecule has 1 aliphatic rings. The van der Waals surface area contributed by atoms with Crippen LogP contribution >= 0.6 is 0 Å². The first kappa shape index (κ1) is 21.4. The van der Waals surface area contributed by atoms with Gasteiger partial charge in [-0.05, 0) is 29.1 Å². The largest absolute Gasteiger partial charge is 1.00 e. The van der Waals surface area contributed by atoms with Crippen molar-refractivity contribution in [1.82, 2.24) is 0 Å². The fourth-order valence-electron chi connectivity index (χ4n) is 3.37. The Morgan fingerprint density at radius 1 is 1.04 bits per heavy atom. The van der Waals surface area contributed by atoms with Crippen LogP contribution in [0.15, 0.2) is 46.3 Å². The van der Waals surface area contributed by atoms with E-state index in [1.807, 2.05) is 18.7 Å². The third kappa shape index (κ3) is 3.11. The van der Waals surface area contributed by atoms with Crippen molar-refractivity contribution < 1.29 is 56.9 Å². The fraction of sp³-hybridized carbons (Fsp3) is 0.250. The maximum absolute atomic E-state index is 11.8. The van der Waals surface area contributed by atoms with E-state index in [9.17, 15) is 25.9 Å². The van der Waals surface area contributed by atoms with Gasteiger partial charge in [-0.1, -0.05) is 26.5 Å². The first-order valence-corrected chi connectivity index (χ1v) is 10.1. The molecule has 0 fully saturated rings.